The third-order valence-electron chi connectivity index (χ3n) is 3.40. The van der Waals surface area contributed by atoms with Gasteiger partial charge < -0.3 is 10.4 Å². The fraction of sp³-hybridized carbons (Fsp3) is 0.529. The molecule has 0 radical (unpaired) electrons. The summed E-state index contributed by atoms with van der Waals surface area (Å²) in [5.74, 6) is -1.39. The van der Waals surface area contributed by atoms with Crippen LogP contribution in [0.2, 0.25) is 0 Å². The Balaban J connectivity index is 2.92. The van der Waals surface area contributed by atoms with Crippen LogP contribution in [0.3, 0.4) is 0 Å². The standard InChI is InChI=1S/C17H25NO3/c1-16(2,3)12-9-7-11(8-10-12)14(19)18-13(15(20)21)17(4,5)6/h7-10,13H,1-6H3,(H,18,19)(H,20,21)/t13-/m0/s1. The smallest absolute Gasteiger partial charge is 0.326 e. The molecule has 116 valence electrons. The molecule has 4 heteroatoms. The molecule has 1 rings (SSSR count). The Bertz CT molecular complexity index is 518. The maximum atomic E-state index is 12.2. The molecule has 0 aromatic heterocycles. The first-order chi connectivity index (χ1) is 9.43. The summed E-state index contributed by atoms with van der Waals surface area (Å²) in [7, 11) is 0. The lowest BCUT2D eigenvalue weighted by Gasteiger charge is -2.27. The second kappa shape index (κ2) is 5.88. The fourth-order valence-electron chi connectivity index (χ4n) is 1.98. The van der Waals surface area contributed by atoms with Crippen molar-refractivity contribution in [1.29, 1.82) is 0 Å². The minimum absolute atomic E-state index is 0.0179. The van der Waals surface area contributed by atoms with Crippen LogP contribution in [0, 0.1) is 5.41 Å². The van der Waals surface area contributed by atoms with Crippen molar-refractivity contribution in [3.05, 3.63) is 35.4 Å². The first-order valence-corrected chi connectivity index (χ1v) is 7.07. The summed E-state index contributed by atoms with van der Waals surface area (Å²) in [6.07, 6.45) is 0. The average Bonchev–Trinajstić information content (AvgIpc) is 2.33. The molecule has 0 saturated heterocycles. The van der Waals surface area contributed by atoms with Crippen molar-refractivity contribution in [2.45, 2.75) is 53.0 Å². The highest BCUT2D eigenvalue weighted by Crippen LogP contribution is 2.23. The molecule has 0 spiro atoms. The lowest BCUT2D eigenvalue weighted by atomic mass is 9.86. The monoisotopic (exact) mass is 291 g/mol. The van der Waals surface area contributed by atoms with Crippen LogP contribution < -0.4 is 5.32 Å². The average molecular weight is 291 g/mol. The van der Waals surface area contributed by atoms with Gasteiger partial charge in [0.1, 0.15) is 6.04 Å². The highest BCUT2D eigenvalue weighted by Gasteiger charge is 2.32. The highest BCUT2D eigenvalue weighted by atomic mass is 16.4. The van der Waals surface area contributed by atoms with E-state index < -0.39 is 17.4 Å². The van der Waals surface area contributed by atoms with Gasteiger partial charge in [0.25, 0.3) is 5.91 Å². The molecule has 0 bridgehead atoms. The van der Waals surface area contributed by atoms with Gasteiger partial charge in [0.05, 0.1) is 0 Å². The summed E-state index contributed by atoms with van der Waals surface area (Å²) in [4.78, 5) is 23.5. The van der Waals surface area contributed by atoms with Crippen molar-refractivity contribution >= 4 is 11.9 Å². The number of aliphatic carboxylic acids is 1. The lowest BCUT2D eigenvalue weighted by Crippen LogP contribution is -2.49. The Kier molecular flexibility index (Phi) is 4.82. The van der Waals surface area contributed by atoms with Crippen LogP contribution in [0.5, 0.6) is 0 Å². The van der Waals surface area contributed by atoms with Gasteiger partial charge in [-0.1, -0.05) is 53.7 Å². The maximum Gasteiger partial charge on any atom is 0.326 e. The Hall–Kier alpha value is -1.84. The molecule has 0 aliphatic carbocycles. The first kappa shape index (κ1) is 17.2. The molecule has 0 unspecified atom stereocenters. The van der Waals surface area contributed by atoms with E-state index in [4.69, 9.17) is 0 Å². The molecule has 1 aromatic carbocycles. The number of benzene rings is 1. The number of amides is 1. The summed E-state index contributed by atoms with van der Waals surface area (Å²) < 4.78 is 0. The van der Waals surface area contributed by atoms with Crippen molar-refractivity contribution in [3.8, 4) is 0 Å². The highest BCUT2D eigenvalue weighted by molar-refractivity contribution is 5.96. The number of hydrogen-bond donors (Lipinski definition) is 2. The predicted molar refractivity (Wildman–Crippen MR) is 83.5 cm³/mol. The zero-order valence-electron chi connectivity index (χ0n) is 13.7. The minimum atomic E-state index is -1.03. The van der Waals surface area contributed by atoms with E-state index in [0.29, 0.717) is 5.56 Å². The fourth-order valence-corrected chi connectivity index (χ4v) is 1.98. The maximum absolute atomic E-state index is 12.2. The summed E-state index contributed by atoms with van der Waals surface area (Å²) in [5, 5.41) is 11.8. The number of carbonyl (C=O) groups is 2. The lowest BCUT2D eigenvalue weighted by molar-refractivity contribution is -0.142. The molecule has 0 saturated carbocycles. The predicted octanol–water partition coefficient (Wildman–Crippen LogP) is 3.21. The zero-order valence-corrected chi connectivity index (χ0v) is 13.7. The molecule has 2 N–H and O–H groups in total. The minimum Gasteiger partial charge on any atom is -0.480 e. The van der Waals surface area contributed by atoms with Crippen molar-refractivity contribution < 1.29 is 14.7 Å². The van der Waals surface area contributed by atoms with Crippen molar-refractivity contribution in [3.63, 3.8) is 0 Å². The molecule has 0 heterocycles. The number of carboxylic acid groups (broad SMARTS) is 1. The van der Waals surface area contributed by atoms with Crippen molar-refractivity contribution in [1.82, 2.24) is 5.32 Å². The van der Waals surface area contributed by atoms with E-state index in [9.17, 15) is 14.7 Å². The molecule has 4 nitrogen and oxygen atoms in total. The van der Waals surface area contributed by atoms with Gasteiger partial charge in [0, 0.05) is 5.56 Å². The van der Waals surface area contributed by atoms with Crippen LogP contribution in [-0.4, -0.2) is 23.0 Å². The largest absolute Gasteiger partial charge is 0.480 e. The Morgan fingerprint density at radius 2 is 1.48 bits per heavy atom. The van der Waals surface area contributed by atoms with E-state index in [2.05, 4.69) is 26.1 Å². The molecule has 1 atom stereocenters. The van der Waals surface area contributed by atoms with E-state index in [1.54, 1.807) is 32.9 Å². The van der Waals surface area contributed by atoms with Crippen LogP contribution in [-0.2, 0) is 10.2 Å². The van der Waals surface area contributed by atoms with Gasteiger partial charge in [-0.2, -0.15) is 0 Å². The van der Waals surface area contributed by atoms with Crippen LogP contribution in [0.15, 0.2) is 24.3 Å². The van der Waals surface area contributed by atoms with Crippen LogP contribution in [0.4, 0.5) is 0 Å². The second-order valence-electron chi connectivity index (χ2n) is 7.44. The Labute approximate surface area is 126 Å². The van der Waals surface area contributed by atoms with E-state index in [1.807, 2.05) is 12.1 Å². The quantitative estimate of drug-likeness (QED) is 0.898. The topological polar surface area (TPSA) is 66.4 Å². The summed E-state index contributed by atoms with van der Waals surface area (Å²) >= 11 is 0. The summed E-state index contributed by atoms with van der Waals surface area (Å²) in [6, 6.07) is 6.35. The normalized spacial score (nSPS) is 13.6. The van der Waals surface area contributed by atoms with Crippen molar-refractivity contribution in [2.24, 2.45) is 5.41 Å². The van der Waals surface area contributed by atoms with Gasteiger partial charge in [-0.25, -0.2) is 4.79 Å². The molecule has 0 aliphatic heterocycles. The molecular formula is C17H25NO3. The van der Waals surface area contributed by atoms with Gasteiger partial charge in [0.15, 0.2) is 0 Å². The SMILES string of the molecule is CC(C)(C)c1ccc(C(=O)N[C@@H](C(=O)O)C(C)(C)C)cc1. The molecule has 21 heavy (non-hydrogen) atoms. The Morgan fingerprint density at radius 3 is 1.81 bits per heavy atom. The van der Waals surface area contributed by atoms with E-state index >= 15 is 0 Å². The van der Waals surface area contributed by atoms with Crippen LogP contribution in [0.25, 0.3) is 0 Å². The third kappa shape index (κ3) is 4.59. The number of carbonyl (C=O) groups excluding carboxylic acids is 1. The van der Waals surface area contributed by atoms with Gasteiger partial charge in [0.2, 0.25) is 0 Å². The Morgan fingerprint density at radius 1 is 1.00 bits per heavy atom. The summed E-state index contributed by atoms with van der Waals surface area (Å²) in [5.41, 5.74) is 1.07. The molecular weight excluding hydrogens is 266 g/mol. The number of carboxylic acids is 1. The number of hydrogen-bond acceptors (Lipinski definition) is 2. The first-order valence-electron chi connectivity index (χ1n) is 7.07. The third-order valence-corrected chi connectivity index (χ3v) is 3.40. The molecule has 1 amide bonds. The van der Waals surface area contributed by atoms with E-state index in [-0.39, 0.29) is 11.3 Å². The van der Waals surface area contributed by atoms with Crippen molar-refractivity contribution in [2.75, 3.05) is 0 Å². The van der Waals surface area contributed by atoms with Gasteiger partial charge in [-0.05, 0) is 28.5 Å². The molecule has 0 fully saturated rings. The van der Waals surface area contributed by atoms with Gasteiger partial charge in [-0.3, -0.25) is 4.79 Å². The second-order valence-corrected chi connectivity index (χ2v) is 7.44. The number of rotatable bonds is 3. The number of nitrogens with one attached hydrogen (secondary N) is 1. The van der Waals surface area contributed by atoms with E-state index in [1.165, 1.54) is 0 Å². The molecule has 0 aliphatic rings. The summed E-state index contributed by atoms with van der Waals surface area (Å²) in [6.45, 7) is 11.7. The van der Waals surface area contributed by atoms with E-state index in [0.717, 1.165) is 5.56 Å². The molecule has 1 aromatic rings. The van der Waals surface area contributed by atoms with Gasteiger partial charge >= 0.3 is 5.97 Å². The van der Waals surface area contributed by atoms with Crippen LogP contribution >= 0.6 is 0 Å². The van der Waals surface area contributed by atoms with Crippen LogP contribution in [0.1, 0.15) is 57.5 Å². The van der Waals surface area contributed by atoms with Gasteiger partial charge in [-0.15, -0.1) is 0 Å². The zero-order chi connectivity index (χ0) is 16.4.